The number of rotatable bonds is 3. The molecule has 0 saturated carbocycles. The molecule has 0 atom stereocenters. The van der Waals surface area contributed by atoms with Gasteiger partial charge in [-0.3, -0.25) is 4.98 Å². The van der Waals surface area contributed by atoms with Gasteiger partial charge in [-0.05, 0) is 19.4 Å². The topological polar surface area (TPSA) is 35.0 Å². The summed E-state index contributed by atoms with van der Waals surface area (Å²) in [6, 6.07) is 10.3. The van der Waals surface area contributed by atoms with Crippen LogP contribution in [-0.2, 0) is 6.42 Å². The molecule has 2 aromatic rings. The molecule has 0 spiro atoms. The number of methoxy groups -OCH3 is 1. The average Bonchev–Trinajstić information content (AvgIpc) is 2.34. The van der Waals surface area contributed by atoms with Gasteiger partial charge in [-0.15, -0.1) is 0 Å². The highest BCUT2D eigenvalue weighted by Gasteiger charge is 2.08. The Kier molecular flexibility index (Phi) is 3.38. The van der Waals surface area contributed by atoms with E-state index in [-0.39, 0.29) is 0 Å². The van der Waals surface area contributed by atoms with Gasteiger partial charge in [-0.25, -0.2) is 4.98 Å². The zero-order valence-electron chi connectivity index (χ0n) is 10.4. The Balaban J connectivity index is 2.31. The van der Waals surface area contributed by atoms with Gasteiger partial charge in [0, 0.05) is 6.42 Å². The third kappa shape index (κ3) is 2.61. The van der Waals surface area contributed by atoms with Crippen LogP contribution >= 0.6 is 0 Å². The molecule has 1 aromatic heterocycles. The second kappa shape index (κ2) is 4.95. The summed E-state index contributed by atoms with van der Waals surface area (Å²) in [7, 11) is 1.62. The van der Waals surface area contributed by atoms with Crippen molar-refractivity contribution >= 4 is 0 Å². The van der Waals surface area contributed by atoms with Crippen LogP contribution in [0.4, 0.5) is 0 Å². The number of aromatic nitrogens is 2. The Bertz CT molecular complexity index is 509. The Morgan fingerprint density at radius 1 is 1.00 bits per heavy atom. The van der Waals surface area contributed by atoms with Crippen molar-refractivity contribution in [3.05, 3.63) is 53.0 Å². The van der Waals surface area contributed by atoms with Crippen molar-refractivity contribution in [3.63, 3.8) is 0 Å². The van der Waals surface area contributed by atoms with Crippen LogP contribution in [0.2, 0.25) is 0 Å². The molecule has 2 rings (SSSR count). The lowest BCUT2D eigenvalue weighted by Gasteiger charge is -2.09. The largest absolute Gasteiger partial charge is 0.480 e. The first-order valence-corrected chi connectivity index (χ1v) is 5.62. The van der Waals surface area contributed by atoms with E-state index in [1.54, 1.807) is 7.11 Å². The number of hydrogen-bond acceptors (Lipinski definition) is 3. The molecule has 0 N–H and O–H groups in total. The van der Waals surface area contributed by atoms with Gasteiger partial charge in [0.2, 0.25) is 5.88 Å². The second-order valence-electron chi connectivity index (χ2n) is 4.01. The number of hydrogen-bond donors (Lipinski definition) is 0. The van der Waals surface area contributed by atoms with E-state index < -0.39 is 0 Å². The van der Waals surface area contributed by atoms with E-state index in [9.17, 15) is 0 Å². The lowest BCUT2D eigenvalue weighted by Crippen LogP contribution is -2.03. The van der Waals surface area contributed by atoms with Crippen molar-refractivity contribution < 1.29 is 4.74 Å². The minimum Gasteiger partial charge on any atom is -0.480 e. The van der Waals surface area contributed by atoms with E-state index >= 15 is 0 Å². The first kappa shape index (κ1) is 11.6. The zero-order chi connectivity index (χ0) is 12.3. The lowest BCUT2D eigenvalue weighted by molar-refractivity contribution is 0.390. The van der Waals surface area contributed by atoms with E-state index in [0.29, 0.717) is 5.88 Å². The van der Waals surface area contributed by atoms with Gasteiger partial charge < -0.3 is 4.74 Å². The van der Waals surface area contributed by atoms with Gasteiger partial charge in [0.05, 0.1) is 24.2 Å². The number of ether oxygens (including phenoxy) is 1. The summed E-state index contributed by atoms with van der Waals surface area (Å²) in [4.78, 5) is 8.95. The fraction of sp³-hybridized carbons (Fsp3) is 0.286. The predicted molar refractivity (Wildman–Crippen MR) is 67.3 cm³/mol. The van der Waals surface area contributed by atoms with Gasteiger partial charge in [0.15, 0.2) is 0 Å². The second-order valence-corrected chi connectivity index (χ2v) is 4.01. The summed E-state index contributed by atoms with van der Waals surface area (Å²) in [5.41, 5.74) is 4.02. The number of nitrogens with zero attached hydrogens (tertiary/aromatic N) is 2. The molecular weight excluding hydrogens is 212 g/mol. The quantitative estimate of drug-likeness (QED) is 0.810. The third-order valence-electron chi connectivity index (χ3n) is 2.71. The molecule has 0 unspecified atom stereocenters. The van der Waals surface area contributed by atoms with Gasteiger partial charge >= 0.3 is 0 Å². The normalized spacial score (nSPS) is 10.3. The van der Waals surface area contributed by atoms with Crippen LogP contribution in [0, 0.1) is 13.8 Å². The van der Waals surface area contributed by atoms with Gasteiger partial charge in [-0.2, -0.15) is 0 Å². The molecule has 17 heavy (non-hydrogen) atoms. The molecule has 1 heterocycles. The Morgan fingerprint density at radius 2 is 1.71 bits per heavy atom. The van der Waals surface area contributed by atoms with Crippen molar-refractivity contribution in [2.45, 2.75) is 20.3 Å². The van der Waals surface area contributed by atoms with Crippen LogP contribution < -0.4 is 4.74 Å². The maximum Gasteiger partial charge on any atom is 0.235 e. The van der Waals surface area contributed by atoms with Gasteiger partial charge in [-0.1, -0.05) is 30.3 Å². The highest BCUT2D eigenvalue weighted by molar-refractivity contribution is 5.28. The lowest BCUT2D eigenvalue weighted by atomic mass is 10.1. The van der Waals surface area contributed by atoms with Gasteiger partial charge in [0.1, 0.15) is 0 Å². The maximum absolute atomic E-state index is 5.16. The van der Waals surface area contributed by atoms with Crippen LogP contribution in [0.5, 0.6) is 5.88 Å². The van der Waals surface area contributed by atoms with Crippen LogP contribution in [0.25, 0.3) is 0 Å². The minimum atomic E-state index is 0.610. The molecule has 0 bridgehead atoms. The molecule has 0 fully saturated rings. The highest BCUT2D eigenvalue weighted by atomic mass is 16.5. The Morgan fingerprint density at radius 3 is 2.35 bits per heavy atom. The standard InChI is InChI=1S/C14H16N2O/c1-10-13(9-12-7-5-4-6-8-12)15-11(2)14(16-10)17-3/h4-8H,9H2,1-3H3. The van der Waals surface area contributed by atoms with E-state index in [2.05, 4.69) is 22.1 Å². The summed E-state index contributed by atoms with van der Waals surface area (Å²) in [6.07, 6.45) is 0.810. The van der Waals surface area contributed by atoms with Crippen molar-refractivity contribution in [1.82, 2.24) is 9.97 Å². The molecule has 0 aliphatic carbocycles. The molecule has 0 aliphatic rings. The Labute approximate surface area is 102 Å². The van der Waals surface area contributed by atoms with Crippen molar-refractivity contribution in [1.29, 1.82) is 0 Å². The molecule has 3 heteroatoms. The zero-order valence-corrected chi connectivity index (χ0v) is 10.4. The third-order valence-corrected chi connectivity index (χ3v) is 2.71. The number of aryl methyl sites for hydroxylation is 2. The van der Waals surface area contributed by atoms with Crippen molar-refractivity contribution in [2.24, 2.45) is 0 Å². The Hall–Kier alpha value is -1.90. The maximum atomic E-state index is 5.16. The summed E-state index contributed by atoms with van der Waals surface area (Å²) in [5, 5.41) is 0. The first-order chi connectivity index (χ1) is 8.20. The minimum absolute atomic E-state index is 0.610. The summed E-state index contributed by atoms with van der Waals surface area (Å²) in [6.45, 7) is 3.88. The number of benzene rings is 1. The first-order valence-electron chi connectivity index (χ1n) is 5.62. The van der Waals surface area contributed by atoms with E-state index in [0.717, 1.165) is 23.5 Å². The van der Waals surface area contributed by atoms with E-state index in [1.807, 2.05) is 32.0 Å². The predicted octanol–water partition coefficient (Wildman–Crippen LogP) is 2.69. The van der Waals surface area contributed by atoms with Crippen LogP contribution in [0.15, 0.2) is 30.3 Å². The summed E-state index contributed by atoms with van der Waals surface area (Å²) < 4.78 is 5.16. The monoisotopic (exact) mass is 228 g/mol. The molecule has 0 saturated heterocycles. The fourth-order valence-electron chi connectivity index (χ4n) is 1.78. The van der Waals surface area contributed by atoms with Crippen LogP contribution in [0.1, 0.15) is 22.6 Å². The summed E-state index contributed by atoms with van der Waals surface area (Å²) in [5.74, 6) is 0.610. The van der Waals surface area contributed by atoms with Crippen LogP contribution in [0.3, 0.4) is 0 Å². The smallest absolute Gasteiger partial charge is 0.235 e. The molecule has 3 nitrogen and oxygen atoms in total. The molecule has 1 aromatic carbocycles. The molecular formula is C14H16N2O. The van der Waals surface area contributed by atoms with Gasteiger partial charge in [0.25, 0.3) is 0 Å². The van der Waals surface area contributed by atoms with E-state index in [1.165, 1.54) is 5.56 Å². The van der Waals surface area contributed by atoms with E-state index in [4.69, 9.17) is 4.74 Å². The van der Waals surface area contributed by atoms with Crippen molar-refractivity contribution in [3.8, 4) is 5.88 Å². The molecule has 0 aliphatic heterocycles. The summed E-state index contributed by atoms with van der Waals surface area (Å²) >= 11 is 0. The SMILES string of the molecule is COc1nc(C)c(Cc2ccccc2)nc1C. The molecule has 0 radical (unpaired) electrons. The fourth-order valence-corrected chi connectivity index (χ4v) is 1.78. The van der Waals surface area contributed by atoms with Crippen LogP contribution in [-0.4, -0.2) is 17.1 Å². The highest BCUT2D eigenvalue weighted by Crippen LogP contribution is 2.17. The average molecular weight is 228 g/mol. The van der Waals surface area contributed by atoms with Crippen molar-refractivity contribution in [2.75, 3.05) is 7.11 Å². The molecule has 0 amide bonds. The molecule has 88 valence electrons.